The third-order valence-corrected chi connectivity index (χ3v) is 3.28. The van der Waals surface area contributed by atoms with Gasteiger partial charge >= 0.3 is 0 Å². The molecule has 2 aromatic carbocycles. The standard InChI is InChI=1S/C19H21FN2O3/c1-12(2)25-18-9-4-14(10-17(18)20)11-21-19(24)15-5-7-16(8-6-15)22-13(3)23/h4-10,12H,11H2,1-3H3,(H,21,24)(H,22,23). The van der Waals surface area contributed by atoms with Crippen molar-refractivity contribution in [3.63, 3.8) is 0 Å². The molecule has 0 atom stereocenters. The molecule has 0 bridgehead atoms. The van der Waals surface area contributed by atoms with Gasteiger partial charge in [-0.2, -0.15) is 0 Å². The van der Waals surface area contributed by atoms with Gasteiger partial charge in [0, 0.05) is 24.7 Å². The van der Waals surface area contributed by atoms with E-state index in [2.05, 4.69) is 10.6 Å². The number of nitrogens with one attached hydrogen (secondary N) is 2. The van der Waals surface area contributed by atoms with Crippen LogP contribution in [0.3, 0.4) is 0 Å². The number of rotatable bonds is 6. The van der Waals surface area contributed by atoms with Crippen molar-refractivity contribution in [1.29, 1.82) is 0 Å². The molecule has 5 nitrogen and oxygen atoms in total. The Morgan fingerprint density at radius 3 is 2.36 bits per heavy atom. The molecule has 25 heavy (non-hydrogen) atoms. The summed E-state index contributed by atoms with van der Waals surface area (Å²) in [5, 5.41) is 5.36. The van der Waals surface area contributed by atoms with Gasteiger partial charge < -0.3 is 15.4 Å². The van der Waals surface area contributed by atoms with E-state index in [1.165, 1.54) is 13.0 Å². The number of carbonyl (C=O) groups is 2. The Morgan fingerprint density at radius 1 is 1.12 bits per heavy atom. The summed E-state index contributed by atoms with van der Waals surface area (Å²) in [5.74, 6) is -0.722. The van der Waals surface area contributed by atoms with E-state index in [0.717, 1.165) is 0 Å². The fourth-order valence-corrected chi connectivity index (χ4v) is 2.20. The number of hydrogen-bond donors (Lipinski definition) is 2. The van der Waals surface area contributed by atoms with Crippen LogP contribution < -0.4 is 15.4 Å². The van der Waals surface area contributed by atoms with E-state index in [4.69, 9.17) is 4.74 Å². The first kappa shape index (κ1) is 18.4. The molecule has 2 rings (SSSR count). The van der Waals surface area contributed by atoms with Crippen LogP contribution in [0.1, 0.15) is 36.7 Å². The summed E-state index contributed by atoms with van der Waals surface area (Å²) >= 11 is 0. The topological polar surface area (TPSA) is 67.4 Å². The zero-order chi connectivity index (χ0) is 18.4. The molecule has 2 N–H and O–H groups in total. The molecular weight excluding hydrogens is 323 g/mol. The Hall–Kier alpha value is -2.89. The minimum atomic E-state index is -0.458. The predicted molar refractivity (Wildman–Crippen MR) is 94.1 cm³/mol. The fourth-order valence-electron chi connectivity index (χ4n) is 2.20. The maximum absolute atomic E-state index is 13.9. The molecule has 0 aromatic heterocycles. The Balaban J connectivity index is 1.95. The van der Waals surface area contributed by atoms with Crippen molar-refractivity contribution in [2.75, 3.05) is 5.32 Å². The minimum Gasteiger partial charge on any atom is -0.488 e. The van der Waals surface area contributed by atoms with Crippen LogP contribution in [0, 0.1) is 5.82 Å². The van der Waals surface area contributed by atoms with Crippen LogP contribution in [0.5, 0.6) is 5.75 Å². The van der Waals surface area contributed by atoms with E-state index < -0.39 is 5.82 Å². The molecule has 0 fully saturated rings. The summed E-state index contributed by atoms with van der Waals surface area (Å²) < 4.78 is 19.3. The average Bonchev–Trinajstić information content (AvgIpc) is 2.54. The quantitative estimate of drug-likeness (QED) is 0.843. The van der Waals surface area contributed by atoms with Crippen molar-refractivity contribution < 1.29 is 18.7 Å². The lowest BCUT2D eigenvalue weighted by atomic mass is 10.1. The van der Waals surface area contributed by atoms with Crippen molar-refractivity contribution in [3.05, 3.63) is 59.4 Å². The van der Waals surface area contributed by atoms with E-state index in [0.29, 0.717) is 16.8 Å². The van der Waals surface area contributed by atoms with Gasteiger partial charge in [-0.05, 0) is 55.8 Å². The molecule has 0 saturated carbocycles. The van der Waals surface area contributed by atoms with Crippen LogP contribution in [0.25, 0.3) is 0 Å². The number of hydrogen-bond acceptors (Lipinski definition) is 3. The Kier molecular flexibility index (Phi) is 6.11. The van der Waals surface area contributed by atoms with Gasteiger partial charge in [0.2, 0.25) is 5.91 Å². The number of halogens is 1. The van der Waals surface area contributed by atoms with E-state index >= 15 is 0 Å². The van der Waals surface area contributed by atoms with E-state index in [-0.39, 0.29) is 30.2 Å². The number of anilines is 1. The molecule has 6 heteroatoms. The highest BCUT2D eigenvalue weighted by Crippen LogP contribution is 2.19. The predicted octanol–water partition coefficient (Wildman–Crippen LogP) is 3.50. The van der Waals surface area contributed by atoms with Crippen LogP contribution in [-0.4, -0.2) is 17.9 Å². The van der Waals surface area contributed by atoms with Gasteiger partial charge in [0.25, 0.3) is 5.91 Å². The highest BCUT2D eigenvalue weighted by atomic mass is 19.1. The van der Waals surface area contributed by atoms with Crippen molar-refractivity contribution >= 4 is 17.5 Å². The second-order valence-corrected chi connectivity index (χ2v) is 5.87. The molecule has 0 spiro atoms. The maximum Gasteiger partial charge on any atom is 0.251 e. The average molecular weight is 344 g/mol. The van der Waals surface area contributed by atoms with Crippen LogP contribution in [0.2, 0.25) is 0 Å². The lowest BCUT2D eigenvalue weighted by molar-refractivity contribution is -0.114. The van der Waals surface area contributed by atoms with Crippen molar-refractivity contribution in [2.45, 2.75) is 33.4 Å². The summed E-state index contributed by atoms with van der Waals surface area (Å²) in [6, 6.07) is 11.1. The molecule has 132 valence electrons. The van der Waals surface area contributed by atoms with Gasteiger partial charge in [-0.1, -0.05) is 6.07 Å². The van der Waals surface area contributed by atoms with Gasteiger partial charge in [0.05, 0.1) is 6.10 Å². The molecular formula is C19H21FN2O3. The number of carbonyl (C=O) groups excluding carboxylic acids is 2. The molecule has 0 aliphatic heterocycles. The Bertz CT molecular complexity index is 758. The van der Waals surface area contributed by atoms with Gasteiger partial charge in [-0.15, -0.1) is 0 Å². The zero-order valence-corrected chi connectivity index (χ0v) is 14.4. The Morgan fingerprint density at radius 2 is 1.80 bits per heavy atom. The highest BCUT2D eigenvalue weighted by molar-refractivity contribution is 5.95. The van der Waals surface area contributed by atoms with Crippen LogP contribution >= 0.6 is 0 Å². The smallest absolute Gasteiger partial charge is 0.251 e. The molecule has 0 radical (unpaired) electrons. The monoisotopic (exact) mass is 344 g/mol. The third kappa shape index (κ3) is 5.60. The first-order valence-electron chi connectivity index (χ1n) is 7.96. The largest absolute Gasteiger partial charge is 0.488 e. The van der Waals surface area contributed by atoms with Gasteiger partial charge in [-0.25, -0.2) is 4.39 Å². The molecule has 0 saturated heterocycles. The maximum atomic E-state index is 13.9. The lowest BCUT2D eigenvalue weighted by Crippen LogP contribution is -2.22. The van der Waals surface area contributed by atoms with Crippen molar-refractivity contribution in [3.8, 4) is 5.75 Å². The van der Waals surface area contributed by atoms with E-state index in [1.54, 1.807) is 36.4 Å². The SMILES string of the molecule is CC(=O)Nc1ccc(C(=O)NCc2ccc(OC(C)C)c(F)c2)cc1. The Labute approximate surface area is 146 Å². The van der Waals surface area contributed by atoms with Crippen molar-refractivity contribution in [1.82, 2.24) is 5.32 Å². The van der Waals surface area contributed by atoms with E-state index in [1.807, 2.05) is 13.8 Å². The van der Waals surface area contributed by atoms with Crippen LogP contribution in [-0.2, 0) is 11.3 Å². The van der Waals surface area contributed by atoms with Gasteiger partial charge in [-0.3, -0.25) is 9.59 Å². The van der Waals surface area contributed by atoms with Crippen LogP contribution in [0.4, 0.5) is 10.1 Å². The summed E-state index contributed by atoms with van der Waals surface area (Å²) in [5.41, 5.74) is 1.71. The van der Waals surface area contributed by atoms with E-state index in [9.17, 15) is 14.0 Å². The number of ether oxygens (including phenoxy) is 1. The number of benzene rings is 2. The summed E-state index contributed by atoms with van der Waals surface area (Å²) in [7, 11) is 0. The second kappa shape index (κ2) is 8.28. The summed E-state index contributed by atoms with van der Waals surface area (Å²) in [6.45, 7) is 5.26. The van der Waals surface area contributed by atoms with Crippen molar-refractivity contribution in [2.24, 2.45) is 0 Å². The second-order valence-electron chi connectivity index (χ2n) is 5.87. The van der Waals surface area contributed by atoms with Gasteiger partial charge in [0.1, 0.15) is 0 Å². The summed E-state index contributed by atoms with van der Waals surface area (Å²) in [6.07, 6.45) is -0.111. The third-order valence-electron chi connectivity index (χ3n) is 3.28. The zero-order valence-electron chi connectivity index (χ0n) is 14.4. The first-order chi connectivity index (χ1) is 11.8. The molecule has 0 aliphatic rings. The molecule has 2 amide bonds. The fraction of sp³-hybridized carbons (Fsp3) is 0.263. The minimum absolute atomic E-state index is 0.111. The highest BCUT2D eigenvalue weighted by Gasteiger charge is 2.09. The number of amides is 2. The van der Waals surface area contributed by atoms with Crippen LogP contribution in [0.15, 0.2) is 42.5 Å². The first-order valence-corrected chi connectivity index (χ1v) is 7.96. The molecule has 2 aromatic rings. The van der Waals surface area contributed by atoms with Gasteiger partial charge in [0.15, 0.2) is 11.6 Å². The lowest BCUT2D eigenvalue weighted by Gasteiger charge is -2.12. The summed E-state index contributed by atoms with van der Waals surface area (Å²) in [4.78, 5) is 23.1. The molecule has 0 heterocycles. The molecule has 0 unspecified atom stereocenters. The normalized spacial score (nSPS) is 10.4. The molecule has 0 aliphatic carbocycles.